The molecule has 0 atom stereocenters. The molecule has 0 radical (unpaired) electrons. The quantitative estimate of drug-likeness (QED) is 0.696. The fourth-order valence-corrected chi connectivity index (χ4v) is 1.74. The Balaban J connectivity index is 2.18. The number of fused-ring (bicyclic) bond motifs is 1. The van der Waals surface area contributed by atoms with Crippen molar-refractivity contribution in [1.29, 1.82) is 0 Å². The number of nitrogens with zero attached hydrogens (tertiary/aromatic N) is 2. The van der Waals surface area contributed by atoms with Crippen LogP contribution >= 0.6 is 0 Å². The highest BCUT2D eigenvalue weighted by Crippen LogP contribution is 2.30. The van der Waals surface area contributed by atoms with Gasteiger partial charge in [0.05, 0.1) is 18.8 Å². The van der Waals surface area contributed by atoms with Gasteiger partial charge in [0, 0.05) is 24.0 Å². The molecule has 0 unspecified atom stereocenters. The van der Waals surface area contributed by atoms with Gasteiger partial charge in [-0.05, 0) is 6.07 Å². The summed E-state index contributed by atoms with van der Waals surface area (Å²) < 4.78 is 5.25. The third-order valence-corrected chi connectivity index (χ3v) is 2.48. The van der Waals surface area contributed by atoms with Crippen LogP contribution in [-0.4, -0.2) is 17.1 Å². The number of hydrogen-bond acceptors (Lipinski definition) is 5. The summed E-state index contributed by atoms with van der Waals surface area (Å²) in [6.45, 7) is 0. The number of pyridine rings is 1. The molecule has 3 heterocycles. The highest BCUT2D eigenvalue weighted by Gasteiger charge is 2.15. The molecule has 0 saturated carbocycles. The molecule has 0 bridgehead atoms. The molecule has 0 spiro atoms. The lowest BCUT2D eigenvalue weighted by atomic mass is 10.3. The van der Waals surface area contributed by atoms with Gasteiger partial charge in [0.2, 0.25) is 0 Å². The van der Waals surface area contributed by atoms with Crippen LogP contribution in [0.25, 0.3) is 10.9 Å². The molecule has 2 aromatic heterocycles. The zero-order valence-electron chi connectivity index (χ0n) is 8.69. The number of ether oxygens (including phenoxy) is 1. The summed E-state index contributed by atoms with van der Waals surface area (Å²) in [5.41, 5.74) is 6.74. The van der Waals surface area contributed by atoms with Crippen molar-refractivity contribution in [3.63, 3.8) is 0 Å². The van der Waals surface area contributed by atoms with Crippen LogP contribution in [0.1, 0.15) is 0 Å². The number of aromatic amines is 1. The first-order valence-corrected chi connectivity index (χ1v) is 4.87. The summed E-state index contributed by atoms with van der Waals surface area (Å²) in [4.78, 5) is 7.50. The van der Waals surface area contributed by atoms with E-state index in [9.17, 15) is 0 Å². The van der Waals surface area contributed by atoms with E-state index in [1.807, 2.05) is 18.5 Å². The number of hydrogen-bond donors (Lipinski definition) is 3. The molecule has 1 aliphatic rings. The lowest BCUT2D eigenvalue weighted by molar-refractivity contribution is 0.418. The minimum Gasteiger partial charge on any atom is -0.494 e. The average Bonchev–Trinajstić information content (AvgIpc) is 2.98. The van der Waals surface area contributed by atoms with Crippen molar-refractivity contribution in [2.24, 2.45) is 0 Å². The van der Waals surface area contributed by atoms with Crippen LogP contribution in [0.4, 0.5) is 5.82 Å². The SMILES string of the molecule is COc1cnc(N2C=CNN2)c2[nH]ccc12. The minimum absolute atomic E-state index is 0.760. The lowest BCUT2D eigenvalue weighted by Gasteiger charge is -2.15. The normalized spacial score (nSPS) is 14.4. The highest BCUT2D eigenvalue weighted by atomic mass is 16.5. The summed E-state index contributed by atoms with van der Waals surface area (Å²) in [7, 11) is 1.64. The molecule has 3 N–H and O–H groups in total. The van der Waals surface area contributed by atoms with Crippen molar-refractivity contribution in [3.05, 3.63) is 30.9 Å². The van der Waals surface area contributed by atoms with Crippen LogP contribution < -0.4 is 20.7 Å². The topological polar surface area (TPSA) is 65.2 Å². The molecule has 16 heavy (non-hydrogen) atoms. The second-order valence-electron chi connectivity index (χ2n) is 3.36. The monoisotopic (exact) mass is 217 g/mol. The Hall–Kier alpha value is -2.21. The van der Waals surface area contributed by atoms with Crippen molar-refractivity contribution >= 4 is 16.7 Å². The van der Waals surface area contributed by atoms with Gasteiger partial charge in [-0.1, -0.05) is 0 Å². The van der Waals surface area contributed by atoms with Crippen LogP contribution in [-0.2, 0) is 0 Å². The molecule has 0 aromatic carbocycles. The maximum Gasteiger partial charge on any atom is 0.173 e. The van der Waals surface area contributed by atoms with Gasteiger partial charge >= 0.3 is 0 Å². The number of hydrazine groups is 2. The molecule has 2 aromatic rings. The first-order chi connectivity index (χ1) is 7.90. The molecule has 0 aliphatic carbocycles. The summed E-state index contributed by atoms with van der Waals surface area (Å²) in [6.07, 6.45) is 7.22. The molecule has 0 fully saturated rings. The zero-order chi connectivity index (χ0) is 11.0. The van der Waals surface area contributed by atoms with E-state index in [-0.39, 0.29) is 0 Å². The van der Waals surface area contributed by atoms with Gasteiger partial charge in [-0.15, -0.1) is 5.53 Å². The van der Waals surface area contributed by atoms with Crippen LogP contribution in [0, 0.1) is 0 Å². The second-order valence-corrected chi connectivity index (χ2v) is 3.36. The van der Waals surface area contributed by atoms with Gasteiger partial charge in [-0.3, -0.25) is 0 Å². The average molecular weight is 217 g/mol. The van der Waals surface area contributed by atoms with Crippen LogP contribution in [0.3, 0.4) is 0 Å². The summed E-state index contributed by atoms with van der Waals surface area (Å²) in [5, 5.41) is 2.80. The van der Waals surface area contributed by atoms with E-state index in [0.717, 1.165) is 22.5 Å². The van der Waals surface area contributed by atoms with Crippen molar-refractivity contribution < 1.29 is 4.74 Å². The smallest absolute Gasteiger partial charge is 0.173 e. The fourth-order valence-electron chi connectivity index (χ4n) is 1.74. The van der Waals surface area contributed by atoms with E-state index in [4.69, 9.17) is 4.74 Å². The standard InChI is InChI=1S/C10H11N5O/c1-16-8-6-12-10(15-5-4-13-14-15)9-7(8)2-3-11-9/h2-6,11,13-14H,1H3. The molecule has 6 heteroatoms. The van der Waals surface area contributed by atoms with Gasteiger partial charge in [-0.25, -0.2) is 9.99 Å². The van der Waals surface area contributed by atoms with E-state index in [2.05, 4.69) is 20.9 Å². The van der Waals surface area contributed by atoms with Gasteiger partial charge in [-0.2, -0.15) is 0 Å². The first kappa shape index (κ1) is 9.05. The van der Waals surface area contributed by atoms with Crippen LogP contribution in [0.5, 0.6) is 5.75 Å². The minimum atomic E-state index is 0.760. The van der Waals surface area contributed by atoms with Crippen molar-refractivity contribution in [1.82, 2.24) is 20.9 Å². The third-order valence-electron chi connectivity index (χ3n) is 2.48. The first-order valence-electron chi connectivity index (χ1n) is 4.87. The summed E-state index contributed by atoms with van der Waals surface area (Å²) in [5.74, 6) is 1.55. The van der Waals surface area contributed by atoms with E-state index < -0.39 is 0 Å². The van der Waals surface area contributed by atoms with Gasteiger partial charge in [0.25, 0.3) is 0 Å². The maximum atomic E-state index is 5.25. The zero-order valence-corrected chi connectivity index (χ0v) is 8.69. The number of aromatic nitrogens is 2. The van der Waals surface area contributed by atoms with Gasteiger partial charge in [0.1, 0.15) is 5.75 Å². The fraction of sp³-hybridized carbons (Fsp3) is 0.100. The predicted molar refractivity (Wildman–Crippen MR) is 60.5 cm³/mol. The molecule has 3 rings (SSSR count). The molecule has 6 nitrogen and oxygen atoms in total. The second kappa shape index (κ2) is 3.42. The van der Waals surface area contributed by atoms with Crippen LogP contribution in [0.2, 0.25) is 0 Å². The molecule has 0 amide bonds. The van der Waals surface area contributed by atoms with Crippen LogP contribution in [0.15, 0.2) is 30.9 Å². The van der Waals surface area contributed by atoms with E-state index in [1.54, 1.807) is 24.5 Å². The number of anilines is 1. The Morgan fingerprint density at radius 2 is 2.38 bits per heavy atom. The predicted octanol–water partition coefficient (Wildman–Crippen LogP) is 0.872. The Labute approximate surface area is 91.9 Å². The Morgan fingerprint density at radius 1 is 1.44 bits per heavy atom. The Kier molecular flexibility index (Phi) is 1.94. The lowest BCUT2D eigenvalue weighted by Crippen LogP contribution is -2.36. The number of methoxy groups -OCH3 is 1. The van der Waals surface area contributed by atoms with Gasteiger partial charge < -0.3 is 15.1 Å². The number of nitrogens with one attached hydrogen (secondary N) is 3. The van der Waals surface area contributed by atoms with E-state index >= 15 is 0 Å². The third kappa shape index (κ3) is 1.20. The van der Waals surface area contributed by atoms with Crippen molar-refractivity contribution in [2.45, 2.75) is 0 Å². The van der Waals surface area contributed by atoms with Crippen molar-refractivity contribution in [3.8, 4) is 5.75 Å². The maximum absolute atomic E-state index is 5.25. The number of H-pyrrole nitrogens is 1. The largest absolute Gasteiger partial charge is 0.494 e. The van der Waals surface area contributed by atoms with E-state index in [1.165, 1.54) is 0 Å². The Morgan fingerprint density at radius 3 is 3.12 bits per heavy atom. The van der Waals surface area contributed by atoms with Crippen molar-refractivity contribution in [2.75, 3.05) is 12.1 Å². The molecule has 82 valence electrons. The molecular weight excluding hydrogens is 206 g/mol. The highest BCUT2D eigenvalue weighted by molar-refractivity contribution is 5.93. The molecule has 1 aliphatic heterocycles. The summed E-state index contributed by atoms with van der Waals surface area (Å²) in [6, 6.07) is 1.96. The molecular formula is C10H11N5O. The number of rotatable bonds is 2. The van der Waals surface area contributed by atoms with E-state index in [0.29, 0.717) is 0 Å². The molecule has 0 saturated heterocycles. The Bertz CT molecular complexity index is 547. The summed E-state index contributed by atoms with van der Waals surface area (Å²) >= 11 is 0. The van der Waals surface area contributed by atoms with Gasteiger partial charge in [0.15, 0.2) is 5.82 Å².